The van der Waals surface area contributed by atoms with E-state index in [-0.39, 0.29) is 0 Å². The molecule has 8 aromatic carbocycles. The molecule has 0 saturated carbocycles. The van der Waals surface area contributed by atoms with Crippen LogP contribution in [0.2, 0.25) is 0 Å². The Balaban J connectivity index is 1.14. The van der Waals surface area contributed by atoms with Crippen molar-refractivity contribution in [3.05, 3.63) is 194 Å². The van der Waals surface area contributed by atoms with Gasteiger partial charge in [-0.05, 0) is 106 Å². The summed E-state index contributed by atoms with van der Waals surface area (Å²) in [6.45, 7) is 0. The van der Waals surface area contributed by atoms with Gasteiger partial charge in [0.15, 0.2) is 0 Å². The van der Waals surface area contributed by atoms with Crippen LogP contribution >= 0.6 is 0 Å². The summed E-state index contributed by atoms with van der Waals surface area (Å²) in [4.78, 5) is 0. The number of nitriles is 1. The van der Waals surface area contributed by atoms with Crippen molar-refractivity contribution in [2.24, 2.45) is 0 Å². The zero-order valence-corrected chi connectivity index (χ0v) is 28.2. The lowest BCUT2D eigenvalue weighted by Gasteiger charge is -2.10. The first-order valence-corrected chi connectivity index (χ1v) is 17.6. The minimum Gasteiger partial charge on any atom is -0.309 e. The van der Waals surface area contributed by atoms with Gasteiger partial charge in [0.05, 0.1) is 33.7 Å². The number of nitrogens with zero attached hydrogens (tertiary/aromatic N) is 3. The lowest BCUT2D eigenvalue weighted by molar-refractivity contribution is 1.18. The summed E-state index contributed by atoms with van der Waals surface area (Å²) < 4.78 is 4.75. The average molecular weight is 662 g/mol. The van der Waals surface area contributed by atoms with Crippen LogP contribution in [0.4, 0.5) is 0 Å². The molecule has 0 bridgehead atoms. The number of para-hydroxylation sites is 2. The van der Waals surface area contributed by atoms with Gasteiger partial charge in [0.25, 0.3) is 0 Å². The molecule has 2 heterocycles. The average Bonchev–Trinajstić information content (AvgIpc) is 3.74. The molecule has 10 aromatic rings. The lowest BCUT2D eigenvalue weighted by Crippen LogP contribution is -1.94. The predicted molar refractivity (Wildman–Crippen MR) is 216 cm³/mol. The van der Waals surface area contributed by atoms with Crippen LogP contribution in [0.1, 0.15) is 5.56 Å². The molecule has 0 atom stereocenters. The molecule has 0 radical (unpaired) electrons. The fraction of sp³-hybridized carbons (Fsp3) is 0. The van der Waals surface area contributed by atoms with E-state index in [0.717, 1.165) is 22.5 Å². The van der Waals surface area contributed by atoms with Crippen molar-refractivity contribution in [2.75, 3.05) is 0 Å². The van der Waals surface area contributed by atoms with Gasteiger partial charge >= 0.3 is 0 Å². The van der Waals surface area contributed by atoms with E-state index in [9.17, 15) is 5.26 Å². The summed E-state index contributed by atoms with van der Waals surface area (Å²) in [6, 6.07) is 69.2. The van der Waals surface area contributed by atoms with Crippen molar-refractivity contribution >= 4 is 43.6 Å². The molecular weight excluding hydrogens is 631 g/mol. The third-order valence-electron chi connectivity index (χ3n) is 10.4. The van der Waals surface area contributed by atoms with E-state index in [2.05, 4.69) is 179 Å². The van der Waals surface area contributed by atoms with Crippen LogP contribution in [0.15, 0.2) is 188 Å². The number of hydrogen-bond donors (Lipinski definition) is 0. The highest BCUT2D eigenvalue weighted by Gasteiger charge is 2.18. The van der Waals surface area contributed by atoms with Gasteiger partial charge in [-0.15, -0.1) is 0 Å². The summed E-state index contributed by atoms with van der Waals surface area (Å²) in [6.07, 6.45) is 0. The summed E-state index contributed by atoms with van der Waals surface area (Å²) >= 11 is 0. The third-order valence-corrected chi connectivity index (χ3v) is 10.4. The van der Waals surface area contributed by atoms with E-state index >= 15 is 0 Å². The van der Waals surface area contributed by atoms with Crippen LogP contribution < -0.4 is 0 Å². The van der Waals surface area contributed by atoms with Crippen molar-refractivity contribution in [1.82, 2.24) is 9.13 Å². The van der Waals surface area contributed by atoms with Gasteiger partial charge in [0, 0.05) is 32.9 Å². The summed E-state index contributed by atoms with van der Waals surface area (Å²) in [5, 5.41) is 14.2. The molecule has 52 heavy (non-hydrogen) atoms. The topological polar surface area (TPSA) is 33.6 Å². The summed E-state index contributed by atoms with van der Waals surface area (Å²) in [5.41, 5.74) is 14.7. The van der Waals surface area contributed by atoms with Crippen LogP contribution in [-0.4, -0.2) is 9.13 Å². The highest BCUT2D eigenvalue weighted by Crippen LogP contribution is 2.41. The van der Waals surface area contributed by atoms with Gasteiger partial charge in [-0.25, -0.2) is 0 Å². The van der Waals surface area contributed by atoms with Crippen molar-refractivity contribution in [3.8, 4) is 50.8 Å². The van der Waals surface area contributed by atoms with Crippen molar-refractivity contribution in [1.29, 1.82) is 5.26 Å². The van der Waals surface area contributed by atoms with Gasteiger partial charge in [0.2, 0.25) is 0 Å². The molecule has 2 aromatic heterocycles. The molecule has 3 nitrogen and oxygen atoms in total. The second kappa shape index (κ2) is 12.0. The number of hydrogen-bond acceptors (Lipinski definition) is 1. The standard InChI is InChI=1S/C49H31N3/c50-32-33-18-20-34(21-19-33)35-22-26-40(27-23-35)51-45-16-8-7-14-42(45)43-30-37(24-28-46(43)51)38-25-29-47-44(31-38)49-41(36-10-3-1-4-11-36)15-9-17-48(49)52(47)39-12-5-2-6-13-39/h1-31H. The van der Waals surface area contributed by atoms with Gasteiger partial charge in [-0.1, -0.05) is 115 Å². The molecule has 0 aliphatic heterocycles. The van der Waals surface area contributed by atoms with E-state index in [0.29, 0.717) is 5.56 Å². The van der Waals surface area contributed by atoms with Crippen molar-refractivity contribution in [3.63, 3.8) is 0 Å². The van der Waals surface area contributed by atoms with Crippen LogP contribution in [0.3, 0.4) is 0 Å². The van der Waals surface area contributed by atoms with Crippen LogP contribution in [0.5, 0.6) is 0 Å². The summed E-state index contributed by atoms with van der Waals surface area (Å²) in [7, 11) is 0. The smallest absolute Gasteiger partial charge is 0.0991 e. The van der Waals surface area contributed by atoms with Crippen LogP contribution in [0.25, 0.3) is 88.4 Å². The fourth-order valence-electron chi connectivity index (χ4n) is 7.93. The first-order chi connectivity index (χ1) is 25.7. The second-order valence-corrected chi connectivity index (χ2v) is 13.3. The van der Waals surface area contributed by atoms with Crippen molar-refractivity contribution < 1.29 is 0 Å². The number of fused-ring (bicyclic) bond motifs is 6. The molecule has 0 unspecified atom stereocenters. The van der Waals surface area contributed by atoms with Gasteiger partial charge < -0.3 is 9.13 Å². The Morgan fingerprint density at radius 2 is 0.865 bits per heavy atom. The lowest BCUT2D eigenvalue weighted by atomic mass is 9.97. The third kappa shape index (κ3) is 4.74. The molecule has 242 valence electrons. The SMILES string of the molecule is N#Cc1ccc(-c2ccc(-n3c4ccccc4c4cc(-c5ccc6c(c5)c5c(-c7ccccc7)cccc5n6-c5ccccc5)ccc43)cc2)cc1. The molecule has 0 saturated heterocycles. The Labute approximate surface area is 301 Å². The molecular formula is C49H31N3. The monoisotopic (exact) mass is 661 g/mol. The first-order valence-electron chi connectivity index (χ1n) is 17.6. The first kappa shape index (κ1) is 29.7. The Bertz CT molecular complexity index is 2980. The normalized spacial score (nSPS) is 11.4. The van der Waals surface area contributed by atoms with Crippen molar-refractivity contribution in [2.45, 2.75) is 0 Å². The number of rotatable bonds is 5. The number of aromatic nitrogens is 2. The maximum absolute atomic E-state index is 9.21. The van der Waals surface area contributed by atoms with Gasteiger partial charge in [0.1, 0.15) is 0 Å². The van der Waals surface area contributed by atoms with Crippen LogP contribution in [-0.2, 0) is 0 Å². The molecule has 0 fully saturated rings. The predicted octanol–water partition coefficient (Wildman–Crippen LogP) is 12.8. The summed E-state index contributed by atoms with van der Waals surface area (Å²) in [5.74, 6) is 0. The maximum atomic E-state index is 9.21. The minimum absolute atomic E-state index is 0.667. The highest BCUT2D eigenvalue weighted by atomic mass is 15.0. The zero-order chi connectivity index (χ0) is 34.6. The molecule has 0 spiro atoms. The van der Waals surface area contributed by atoms with E-state index in [4.69, 9.17) is 0 Å². The minimum atomic E-state index is 0.667. The Hall–Kier alpha value is -7.15. The Morgan fingerprint density at radius 3 is 1.58 bits per heavy atom. The van der Waals surface area contributed by atoms with Gasteiger partial charge in [-0.3, -0.25) is 0 Å². The zero-order valence-electron chi connectivity index (χ0n) is 28.2. The van der Waals surface area contributed by atoms with Gasteiger partial charge in [-0.2, -0.15) is 5.26 Å². The molecule has 0 amide bonds. The fourth-order valence-corrected chi connectivity index (χ4v) is 7.93. The van der Waals surface area contributed by atoms with E-state index in [1.807, 2.05) is 24.3 Å². The molecule has 0 aliphatic rings. The quantitative estimate of drug-likeness (QED) is 0.181. The van der Waals surface area contributed by atoms with E-state index in [1.54, 1.807) is 0 Å². The van der Waals surface area contributed by atoms with E-state index in [1.165, 1.54) is 65.9 Å². The molecule has 3 heteroatoms. The number of benzene rings is 8. The van der Waals surface area contributed by atoms with Crippen LogP contribution in [0, 0.1) is 11.3 Å². The highest BCUT2D eigenvalue weighted by molar-refractivity contribution is 6.17. The Morgan fingerprint density at radius 1 is 0.346 bits per heavy atom. The molecule has 0 aliphatic carbocycles. The van der Waals surface area contributed by atoms with E-state index < -0.39 is 0 Å². The maximum Gasteiger partial charge on any atom is 0.0991 e. The molecule has 10 rings (SSSR count). The Kier molecular flexibility index (Phi) is 6.87. The molecule has 0 N–H and O–H groups in total. The second-order valence-electron chi connectivity index (χ2n) is 13.3. The largest absolute Gasteiger partial charge is 0.309 e.